The highest BCUT2D eigenvalue weighted by atomic mass is 14.9. The van der Waals surface area contributed by atoms with Gasteiger partial charge in [-0.3, -0.25) is 5.41 Å². The number of hydrogen-bond donors (Lipinski definition) is 1. The Kier molecular flexibility index (Phi) is 8.72. The van der Waals surface area contributed by atoms with E-state index in [-0.39, 0.29) is 5.84 Å². The zero-order valence-corrected chi connectivity index (χ0v) is 29.5. The third-order valence-corrected chi connectivity index (χ3v) is 10.1. The van der Waals surface area contributed by atoms with E-state index in [2.05, 4.69) is 140 Å². The molecule has 0 heterocycles. The van der Waals surface area contributed by atoms with Crippen molar-refractivity contribution < 1.29 is 0 Å². The molecule has 0 atom stereocenters. The highest BCUT2D eigenvalue weighted by Crippen LogP contribution is 2.33. The molecule has 9 aromatic rings. The Labute approximate surface area is 314 Å². The average molecular weight is 690 g/mol. The molecule has 0 fully saturated rings. The molecule has 0 amide bonds. The van der Waals surface area contributed by atoms with Crippen molar-refractivity contribution >= 4 is 50.2 Å². The maximum Gasteiger partial charge on any atom is 0.161 e. The Morgan fingerprint density at radius 2 is 0.907 bits per heavy atom. The van der Waals surface area contributed by atoms with E-state index in [1.165, 1.54) is 27.3 Å². The third kappa shape index (κ3) is 6.51. The van der Waals surface area contributed by atoms with E-state index in [1.807, 2.05) is 66.9 Å². The molecule has 0 aliphatic carbocycles. The van der Waals surface area contributed by atoms with Crippen LogP contribution in [0.3, 0.4) is 0 Å². The smallest absolute Gasteiger partial charge is 0.161 e. The molecule has 0 aromatic heterocycles. The first kappa shape index (κ1) is 32.7. The second-order valence-corrected chi connectivity index (χ2v) is 13.4. The van der Waals surface area contributed by atoms with Crippen molar-refractivity contribution in [2.24, 2.45) is 9.98 Å². The van der Waals surface area contributed by atoms with Crippen LogP contribution in [0.15, 0.2) is 210 Å². The Balaban J connectivity index is 1.15. The average Bonchev–Trinajstić information content (AvgIpc) is 3.25. The van der Waals surface area contributed by atoms with Gasteiger partial charge in [0.15, 0.2) is 11.7 Å². The van der Waals surface area contributed by atoms with Gasteiger partial charge in [-0.2, -0.15) is 0 Å². The van der Waals surface area contributed by atoms with Crippen molar-refractivity contribution in [3.63, 3.8) is 0 Å². The van der Waals surface area contributed by atoms with Crippen molar-refractivity contribution in [3.05, 3.63) is 217 Å². The van der Waals surface area contributed by atoms with Crippen LogP contribution in [0.1, 0.15) is 16.7 Å². The molecule has 0 unspecified atom stereocenters. The van der Waals surface area contributed by atoms with Crippen LogP contribution in [-0.4, -0.2) is 17.9 Å². The fourth-order valence-electron chi connectivity index (χ4n) is 7.23. The van der Waals surface area contributed by atoms with Crippen molar-refractivity contribution in [3.8, 4) is 33.4 Å². The van der Waals surface area contributed by atoms with Gasteiger partial charge in [-0.05, 0) is 77.8 Å². The third-order valence-electron chi connectivity index (χ3n) is 10.1. The Morgan fingerprint density at radius 1 is 0.370 bits per heavy atom. The van der Waals surface area contributed by atoms with Crippen molar-refractivity contribution in [1.29, 1.82) is 5.41 Å². The first-order valence-corrected chi connectivity index (χ1v) is 18.1. The van der Waals surface area contributed by atoms with Crippen LogP contribution >= 0.6 is 0 Å². The van der Waals surface area contributed by atoms with Gasteiger partial charge in [0, 0.05) is 22.9 Å². The van der Waals surface area contributed by atoms with Crippen LogP contribution < -0.4 is 0 Å². The van der Waals surface area contributed by atoms with Gasteiger partial charge in [-0.15, -0.1) is 0 Å². The summed E-state index contributed by atoms with van der Waals surface area (Å²) in [6.45, 7) is 0. The number of amidine groups is 2. The minimum absolute atomic E-state index is 0.146. The topological polar surface area (TPSA) is 48.6 Å². The molecule has 0 bridgehead atoms. The monoisotopic (exact) mass is 689 g/mol. The standard InChI is InChI=1S/C51H35N3/c52-50(41-28-26-38(27-29-41)36-14-5-2-6-15-36)54-51(44-19-11-18-42(32-44)39-24-22-37(23-25-39)35-12-3-1-4-13-35)53-34-49-46-21-10-8-17-43(46)33-48-45-20-9-7-16-40(45)30-31-47(48)49/h1-34,52H. The van der Waals surface area contributed by atoms with Gasteiger partial charge in [0.05, 0.1) is 0 Å². The number of aliphatic imine (C=N–C) groups is 2. The molecule has 0 saturated heterocycles. The van der Waals surface area contributed by atoms with Gasteiger partial charge in [-0.25, -0.2) is 9.98 Å². The molecule has 254 valence electrons. The maximum atomic E-state index is 9.18. The molecule has 3 nitrogen and oxygen atoms in total. The molecule has 0 radical (unpaired) electrons. The summed E-state index contributed by atoms with van der Waals surface area (Å²) in [5.74, 6) is 0.616. The summed E-state index contributed by atoms with van der Waals surface area (Å²) >= 11 is 0. The summed E-state index contributed by atoms with van der Waals surface area (Å²) in [5.41, 5.74) is 9.30. The summed E-state index contributed by atoms with van der Waals surface area (Å²) < 4.78 is 0. The van der Waals surface area contributed by atoms with Gasteiger partial charge < -0.3 is 0 Å². The maximum absolute atomic E-state index is 9.18. The van der Waals surface area contributed by atoms with Crippen molar-refractivity contribution in [1.82, 2.24) is 0 Å². The molecule has 9 aromatic carbocycles. The molecular weight excluding hydrogens is 655 g/mol. The zero-order chi connectivity index (χ0) is 36.3. The van der Waals surface area contributed by atoms with Crippen LogP contribution in [0.25, 0.3) is 65.7 Å². The van der Waals surface area contributed by atoms with Crippen LogP contribution in [-0.2, 0) is 0 Å². The number of hydrogen-bond acceptors (Lipinski definition) is 1. The number of fused-ring (bicyclic) bond motifs is 4. The molecule has 0 saturated carbocycles. The number of rotatable bonds is 6. The van der Waals surface area contributed by atoms with Crippen LogP contribution in [0.4, 0.5) is 0 Å². The summed E-state index contributed by atoms with van der Waals surface area (Å²) in [7, 11) is 0. The fourth-order valence-corrected chi connectivity index (χ4v) is 7.23. The minimum Gasteiger partial charge on any atom is -0.282 e. The summed E-state index contributed by atoms with van der Waals surface area (Å²) in [6.07, 6.45) is 1.94. The molecular formula is C51H35N3. The molecule has 54 heavy (non-hydrogen) atoms. The SMILES string of the molecule is N=C(N=C(N=Cc1c2ccccc2cc2c1ccc1ccccc12)c1cccc(-c2ccc(-c3ccccc3)cc2)c1)c1ccc(-c2ccccc2)cc1. The van der Waals surface area contributed by atoms with Crippen molar-refractivity contribution in [2.75, 3.05) is 0 Å². The fraction of sp³-hybridized carbons (Fsp3) is 0. The Bertz CT molecular complexity index is 2850. The van der Waals surface area contributed by atoms with Crippen LogP contribution in [0.5, 0.6) is 0 Å². The molecule has 0 aliphatic heterocycles. The zero-order valence-electron chi connectivity index (χ0n) is 29.5. The van der Waals surface area contributed by atoms with Gasteiger partial charge >= 0.3 is 0 Å². The largest absolute Gasteiger partial charge is 0.282 e. The van der Waals surface area contributed by atoms with E-state index in [9.17, 15) is 5.41 Å². The highest BCUT2D eigenvalue weighted by Gasteiger charge is 2.12. The first-order chi connectivity index (χ1) is 26.7. The summed E-state index contributed by atoms with van der Waals surface area (Å²) in [4.78, 5) is 10.1. The minimum atomic E-state index is 0.146. The van der Waals surface area contributed by atoms with E-state index < -0.39 is 0 Å². The molecule has 3 heteroatoms. The van der Waals surface area contributed by atoms with E-state index >= 15 is 0 Å². The van der Waals surface area contributed by atoms with Crippen molar-refractivity contribution in [2.45, 2.75) is 0 Å². The molecule has 9 rings (SSSR count). The quantitative estimate of drug-likeness (QED) is 0.0782. The highest BCUT2D eigenvalue weighted by molar-refractivity contribution is 6.22. The molecule has 1 N–H and O–H groups in total. The Morgan fingerprint density at radius 3 is 1.59 bits per heavy atom. The molecule has 0 spiro atoms. The van der Waals surface area contributed by atoms with E-state index in [0.29, 0.717) is 5.84 Å². The first-order valence-electron chi connectivity index (χ1n) is 18.1. The van der Waals surface area contributed by atoms with Crippen LogP contribution in [0.2, 0.25) is 0 Å². The van der Waals surface area contributed by atoms with E-state index in [1.54, 1.807) is 0 Å². The number of benzene rings is 9. The van der Waals surface area contributed by atoms with Gasteiger partial charge in [0.2, 0.25) is 0 Å². The summed E-state index contributed by atoms with van der Waals surface area (Å²) in [5, 5.41) is 16.1. The second kappa shape index (κ2) is 14.4. The normalized spacial score (nSPS) is 11.8. The van der Waals surface area contributed by atoms with Gasteiger partial charge in [-0.1, -0.05) is 188 Å². The van der Waals surface area contributed by atoms with E-state index in [0.717, 1.165) is 55.1 Å². The lowest BCUT2D eigenvalue weighted by atomic mass is 9.94. The van der Waals surface area contributed by atoms with Gasteiger partial charge in [0.1, 0.15) is 0 Å². The predicted octanol–water partition coefficient (Wildman–Crippen LogP) is 13.0. The second-order valence-electron chi connectivity index (χ2n) is 13.4. The lowest BCUT2D eigenvalue weighted by Gasteiger charge is -2.11. The number of nitrogens with zero attached hydrogens (tertiary/aromatic N) is 2. The predicted molar refractivity (Wildman–Crippen MR) is 229 cm³/mol. The van der Waals surface area contributed by atoms with E-state index in [4.69, 9.17) is 9.98 Å². The molecule has 0 aliphatic rings. The number of nitrogens with one attached hydrogen (secondary N) is 1. The van der Waals surface area contributed by atoms with Gasteiger partial charge in [0.25, 0.3) is 0 Å². The Hall–Kier alpha value is -7.23. The lowest BCUT2D eigenvalue weighted by Crippen LogP contribution is -2.05. The van der Waals surface area contributed by atoms with Crippen LogP contribution in [0, 0.1) is 5.41 Å². The summed E-state index contributed by atoms with van der Waals surface area (Å²) in [6, 6.07) is 69.3. The lowest BCUT2D eigenvalue weighted by molar-refractivity contribution is 1.40.